The van der Waals surface area contributed by atoms with Crippen LogP contribution < -0.4 is 11.1 Å². The molecule has 1 heterocycles. The molecule has 0 spiro atoms. The number of nitrogens with one attached hydrogen (secondary N) is 1. The second kappa shape index (κ2) is 4.43. The van der Waals surface area contributed by atoms with Gasteiger partial charge in [0.15, 0.2) is 0 Å². The maximum atomic E-state index is 11.8. The van der Waals surface area contributed by atoms with Crippen LogP contribution in [0.2, 0.25) is 0 Å². The first-order valence-corrected chi connectivity index (χ1v) is 6.08. The van der Waals surface area contributed by atoms with Crippen LogP contribution in [0.3, 0.4) is 0 Å². The molecule has 2 aliphatic rings. The number of hydrogen-bond donors (Lipinski definition) is 3. The van der Waals surface area contributed by atoms with Crippen molar-refractivity contribution in [3.05, 3.63) is 0 Å². The average molecular weight is 240 g/mol. The number of carbonyl (C=O) groups excluding carboxylic acids is 1. The minimum atomic E-state index is -0.287. The number of urea groups is 1. The quantitative estimate of drug-likeness (QED) is 0.287. The van der Waals surface area contributed by atoms with Crippen molar-refractivity contribution >= 4 is 11.9 Å². The lowest BCUT2D eigenvalue weighted by Crippen LogP contribution is -2.50. The van der Waals surface area contributed by atoms with Crippen molar-refractivity contribution in [1.29, 1.82) is 0 Å². The van der Waals surface area contributed by atoms with Crippen LogP contribution in [0, 0.1) is 5.41 Å². The van der Waals surface area contributed by atoms with Crippen LogP contribution in [0.25, 0.3) is 0 Å². The Balaban J connectivity index is 1.86. The lowest BCUT2D eigenvalue weighted by molar-refractivity contribution is 0.157. The highest BCUT2D eigenvalue weighted by Gasteiger charge is 2.36. The fourth-order valence-electron chi connectivity index (χ4n) is 2.07. The average Bonchev–Trinajstić information content (AvgIpc) is 3.12. The third kappa shape index (κ3) is 2.62. The highest BCUT2D eigenvalue weighted by Crippen LogP contribution is 2.31. The molecule has 2 amide bonds. The lowest BCUT2D eigenvalue weighted by Gasteiger charge is -2.38. The van der Waals surface area contributed by atoms with E-state index in [0.29, 0.717) is 19.1 Å². The minimum absolute atomic E-state index is 0.0223. The van der Waals surface area contributed by atoms with Crippen LogP contribution in [0.5, 0.6) is 0 Å². The summed E-state index contributed by atoms with van der Waals surface area (Å²) in [4.78, 5) is 13.6. The van der Waals surface area contributed by atoms with Crippen molar-refractivity contribution in [2.24, 2.45) is 16.3 Å². The van der Waals surface area contributed by atoms with Crippen molar-refractivity contribution in [2.75, 3.05) is 13.1 Å². The Morgan fingerprint density at radius 2 is 2.06 bits per heavy atom. The summed E-state index contributed by atoms with van der Waals surface area (Å²) in [6, 6.07) is 0.411. The molecule has 6 heteroatoms. The molecule has 0 aromatic rings. The second-order valence-corrected chi connectivity index (χ2v) is 5.26. The van der Waals surface area contributed by atoms with E-state index in [2.05, 4.69) is 10.5 Å². The van der Waals surface area contributed by atoms with Crippen LogP contribution in [0.4, 0.5) is 4.79 Å². The predicted molar refractivity (Wildman–Crippen MR) is 63.9 cm³/mol. The molecule has 1 saturated carbocycles. The van der Waals surface area contributed by atoms with E-state index in [9.17, 15) is 4.79 Å². The summed E-state index contributed by atoms with van der Waals surface area (Å²) in [6.45, 7) is 3.29. The maximum Gasteiger partial charge on any atom is 0.317 e. The highest BCUT2D eigenvalue weighted by atomic mass is 16.4. The second-order valence-electron chi connectivity index (χ2n) is 5.26. The number of piperidine rings is 1. The van der Waals surface area contributed by atoms with Gasteiger partial charge in [-0.05, 0) is 25.7 Å². The molecule has 1 saturated heterocycles. The summed E-state index contributed by atoms with van der Waals surface area (Å²) in [7, 11) is 0. The number of hydrogen-bond acceptors (Lipinski definition) is 3. The molecular weight excluding hydrogens is 220 g/mol. The SMILES string of the molecule is CC1(C(N)=NO)CCN(C(=O)NC2CC2)CC1. The number of amidine groups is 1. The fourth-order valence-corrected chi connectivity index (χ4v) is 2.07. The standard InChI is InChI=1S/C11H20N4O2/c1-11(9(12)14-17)4-6-15(7-5-11)10(16)13-8-2-3-8/h8,17H,2-7H2,1H3,(H2,12,14)(H,13,16). The molecule has 0 atom stereocenters. The van der Waals surface area contributed by atoms with Gasteiger partial charge in [0.1, 0.15) is 5.84 Å². The van der Waals surface area contributed by atoms with Gasteiger partial charge >= 0.3 is 6.03 Å². The topological polar surface area (TPSA) is 91.0 Å². The normalized spacial score (nSPS) is 24.5. The number of rotatable bonds is 2. The number of carbonyl (C=O) groups is 1. The Bertz CT molecular complexity index is 330. The molecule has 6 nitrogen and oxygen atoms in total. The minimum Gasteiger partial charge on any atom is -0.409 e. The number of likely N-dealkylation sites (tertiary alicyclic amines) is 1. The summed E-state index contributed by atoms with van der Waals surface area (Å²) < 4.78 is 0. The largest absolute Gasteiger partial charge is 0.409 e. The van der Waals surface area contributed by atoms with Crippen LogP contribution in [0.15, 0.2) is 5.16 Å². The first kappa shape index (κ1) is 12.0. The first-order valence-electron chi connectivity index (χ1n) is 6.08. The number of nitrogens with two attached hydrogens (primary N) is 1. The molecule has 96 valence electrons. The van der Waals surface area contributed by atoms with Crippen LogP contribution >= 0.6 is 0 Å². The Kier molecular flexibility index (Phi) is 3.13. The number of nitrogens with zero attached hydrogens (tertiary/aromatic N) is 2. The van der Waals surface area contributed by atoms with E-state index in [1.165, 1.54) is 0 Å². The molecule has 1 aliphatic heterocycles. The summed E-state index contributed by atoms with van der Waals surface area (Å²) in [5, 5.41) is 14.8. The van der Waals surface area contributed by atoms with Crippen molar-refractivity contribution in [3.8, 4) is 0 Å². The van der Waals surface area contributed by atoms with Crippen LogP contribution in [-0.2, 0) is 0 Å². The molecule has 17 heavy (non-hydrogen) atoms. The Morgan fingerprint density at radius 3 is 2.53 bits per heavy atom. The summed E-state index contributed by atoms with van der Waals surface area (Å²) >= 11 is 0. The van der Waals surface area contributed by atoms with Crippen LogP contribution in [0.1, 0.15) is 32.6 Å². The molecule has 2 rings (SSSR count). The molecule has 0 aromatic heterocycles. The van der Waals surface area contributed by atoms with Gasteiger partial charge in [-0.2, -0.15) is 0 Å². The molecule has 0 unspecified atom stereocenters. The summed E-state index contributed by atoms with van der Waals surface area (Å²) in [5.41, 5.74) is 5.39. The van der Waals surface area contributed by atoms with E-state index in [1.807, 2.05) is 11.8 Å². The Hall–Kier alpha value is -1.46. The van der Waals surface area contributed by atoms with E-state index < -0.39 is 0 Å². The zero-order valence-electron chi connectivity index (χ0n) is 10.1. The molecule has 1 aliphatic carbocycles. The van der Waals surface area contributed by atoms with Gasteiger partial charge in [-0.15, -0.1) is 0 Å². The third-order valence-electron chi connectivity index (χ3n) is 3.79. The molecular formula is C11H20N4O2. The van der Waals surface area contributed by atoms with Crippen molar-refractivity contribution in [3.63, 3.8) is 0 Å². The highest BCUT2D eigenvalue weighted by molar-refractivity contribution is 5.86. The number of amides is 2. The third-order valence-corrected chi connectivity index (χ3v) is 3.79. The first-order chi connectivity index (χ1) is 8.05. The predicted octanol–water partition coefficient (Wildman–Crippen LogP) is 0.707. The summed E-state index contributed by atoms with van der Waals surface area (Å²) in [5.74, 6) is 0.264. The molecule has 0 aromatic carbocycles. The zero-order valence-corrected chi connectivity index (χ0v) is 10.1. The van der Waals surface area contributed by atoms with Gasteiger partial charge < -0.3 is 21.2 Å². The van der Waals surface area contributed by atoms with Gasteiger partial charge in [-0.1, -0.05) is 12.1 Å². The molecule has 4 N–H and O–H groups in total. The molecule has 2 fully saturated rings. The van der Waals surface area contributed by atoms with E-state index in [4.69, 9.17) is 10.9 Å². The molecule has 0 radical (unpaired) electrons. The lowest BCUT2D eigenvalue weighted by atomic mass is 9.79. The van der Waals surface area contributed by atoms with Gasteiger partial charge in [0, 0.05) is 24.5 Å². The van der Waals surface area contributed by atoms with Crippen LogP contribution in [-0.4, -0.2) is 41.1 Å². The van der Waals surface area contributed by atoms with E-state index in [0.717, 1.165) is 25.7 Å². The van der Waals surface area contributed by atoms with Crippen molar-refractivity contribution < 1.29 is 10.0 Å². The van der Waals surface area contributed by atoms with Crippen molar-refractivity contribution in [2.45, 2.75) is 38.6 Å². The van der Waals surface area contributed by atoms with Gasteiger partial charge in [-0.25, -0.2) is 4.79 Å². The van der Waals surface area contributed by atoms with Gasteiger partial charge in [0.25, 0.3) is 0 Å². The maximum absolute atomic E-state index is 11.8. The number of oxime groups is 1. The van der Waals surface area contributed by atoms with Gasteiger partial charge in [-0.3, -0.25) is 0 Å². The fraction of sp³-hybridized carbons (Fsp3) is 0.818. The van der Waals surface area contributed by atoms with Gasteiger partial charge in [0.2, 0.25) is 0 Å². The Morgan fingerprint density at radius 1 is 1.47 bits per heavy atom. The van der Waals surface area contributed by atoms with Crippen molar-refractivity contribution in [1.82, 2.24) is 10.2 Å². The zero-order chi connectivity index (χ0) is 12.5. The monoisotopic (exact) mass is 240 g/mol. The molecule has 0 bridgehead atoms. The Labute approximate surface area is 101 Å². The van der Waals surface area contributed by atoms with Gasteiger partial charge in [0.05, 0.1) is 0 Å². The smallest absolute Gasteiger partial charge is 0.317 e. The van der Waals surface area contributed by atoms with E-state index in [1.54, 1.807) is 0 Å². The van der Waals surface area contributed by atoms with E-state index in [-0.39, 0.29) is 17.3 Å². The summed E-state index contributed by atoms with van der Waals surface area (Å²) in [6.07, 6.45) is 3.67. The van der Waals surface area contributed by atoms with E-state index >= 15 is 0 Å².